The molecule has 11 heavy (non-hydrogen) atoms. The topological polar surface area (TPSA) is 26.0 Å². The number of hydrogen-bond acceptors (Lipinski definition) is 2. The molecule has 1 heterocycles. The molecule has 0 aliphatic heterocycles. The summed E-state index contributed by atoms with van der Waals surface area (Å²) in [7, 11) is -1.26. The molecule has 1 rings (SSSR count). The van der Waals surface area contributed by atoms with Gasteiger partial charge in [0.2, 0.25) is 0 Å². The molecular formula is C8H11NOSi. The van der Waals surface area contributed by atoms with Crippen molar-refractivity contribution in [1.82, 2.24) is 5.16 Å². The summed E-state index contributed by atoms with van der Waals surface area (Å²) >= 11 is 0. The van der Waals surface area contributed by atoms with E-state index in [0.29, 0.717) is 0 Å². The van der Waals surface area contributed by atoms with E-state index < -0.39 is 8.07 Å². The monoisotopic (exact) mass is 165 g/mol. The lowest BCUT2D eigenvalue weighted by Gasteiger charge is -2.02. The van der Waals surface area contributed by atoms with Crippen LogP contribution in [0, 0.1) is 11.5 Å². The van der Waals surface area contributed by atoms with E-state index >= 15 is 0 Å². The summed E-state index contributed by atoms with van der Waals surface area (Å²) in [4.78, 5) is 0. The van der Waals surface area contributed by atoms with Crippen LogP contribution >= 0.6 is 0 Å². The molecule has 0 bridgehead atoms. The van der Waals surface area contributed by atoms with Crippen molar-refractivity contribution in [3.63, 3.8) is 0 Å². The van der Waals surface area contributed by atoms with Crippen molar-refractivity contribution in [3.8, 4) is 11.5 Å². The van der Waals surface area contributed by atoms with E-state index in [4.69, 9.17) is 0 Å². The predicted molar refractivity (Wildman–Crippen MR) is 46.7 cm³/mol. The summed E-state index contributed by atoms with van der Waals surface area (Å²) in [5.74, 6) is 2.97. The van der Waals surface area contributed by atoms with Crippen LogP contribution in [0.4, 0.5) is 0 Å². The fourth-order valence-electron chi connectivity index (χ4n) is 0.529. The maximum Gasteiger partial charge on any atom is 0.155 e. The van der Waals surface area contributed by atoms with Gasteiger partial charge >= 0.3 is 0 Å². The molecule has 0 atom stereocenters. The lowest BCUT2D eigenvalue weighted by Crippen LogP contribution is -2.16. The Labute approximate surface area is 67.6 Å². The average Bonchev–Trinajstić information content (AvgIpc) is 2.32. The van der Waals surface area contributed by atoms with Crippen LogP contribution < -0.4 is 0 Å². The highest BCUT2D eigenvalue weighted by Crippen LogP contribution is 1.98. The van der Waals surface area contributed by atoms with Crippen LogP contribution in [0.3, 0.4) is 0 Å². The van der Waals surface area contributed by atoms with Crippen molar-refractivity contribution in [3.05, 3.63) is 18.0 Å². The highest BCUT2D eigenvalue weighted by Gasteiger charge is 2.07. The van der Waals surface area contributed by atoms with E-state index in [0.717, 1.165) is 5.69 Å². The first kappa shape index (κ1) is 8.09. The first-order valence-corrected chi connectivity index (χ1v) is 7.01. The minimum absolute atomic E-state index is 0.729. The second-order valence-corrected chi connectivity index (χ2v) is 8.13. The Balaban J connectivity index is 2.74. The average molecular weight is 165 g/mol. The fourth-order valence-corrected chi connectivity index (χ4v) is 1.03. The van der Waals surface area contributed by atoms with Crippen molar-refractivity contribution >= 4 is 8.07 Å². The van der Waals surface area contributed by atoms with Crippen LogP contribution in [0.2, 0.25) is 19.6 Å². The molecule has 0 radical (unpaired) electrons. The van der Waals surface area contributed by atoms with Gasteiger partial charge in [-0.25, -0.2) is 0 Å². The summed E-state index contributed by atoms with van der Waals surface area (Å²) in [5.41, 5.74) is 3.92. The predicted octanol–water partition coefficient (Wildman–Crippen LogP) is 1.90. The molecule has 0 aromatic carbocycles. The number of hydrogen-bond donors (Lipinski definition) is 0. The molecule has 0 saturated carbocycles. The Hall–Kier alpha value is -1.01. The van der Waals surface area contributed by atoms with Crippen molar-refractivity contribution in [2.75, 3.05) is 0 Å². The summed E-state index contributed by atoms with van der Waals surface area (Å²) in [6.07, 6.45) is 1.54. The molecule has 3 heteroatoms. The first-order chi connectivity index (χ1) is 5.08. The summed E-state index contributed by atoms with van der Waals surface area (Å²) < 4.78 is 4.64. The van der Waals surface area contributed by atoms with Crippen LogP contribution in [-0.2, 0) is 0 Å². The van der Waals surface area contributed by atoms with Crippen molar-refractivity contribution in [2.45, 2.75) is 19.6 Å². The van der Waals surface area contributed by atoms with E-state index in [1.165, 1.54) is 6.26 Å². The van der Waals surface area contributed by atoms with E-state index in [-0.39, 0.29) is 0 Å². The molecule has 0 amide bonds. The largest absolute Gasteiger partial charge is 0.363 e. The Bertz CT molecular complexity index is 273. The first-order valence-electron chi connectivity index (χ1n) is 3.51. The van der Waals surface area contributed by atoms with Gasteiger partial charge in [0, 0.05) is 6.07 Å². The van der Waals surface area contributed by atoms with Gasteiger partial charge in [0.05, 0.1) is 0 Å². The molecule has 1 aromatic heterocycles. The maximum absolute atomic E-state index is 4.64. The third-order valence-electron chi connectivity index (χ3n) is 1.00. The van der Waals surface area contributed by atoms with E-state index in [9.17, 15) is 0 Å². The molecule has 0 aliphatic carbocycles. The van der Waals surface area contributed by atoms with Crippen LogP contribution in [-0.4, -0.2) is 13.2 Å². The van der Waals surface area contributed by atoms with Crippen molar-refractivity contribution < 1.29 is 4.52 Å². The summed E-state index contributed by atoms with van der Waals surface area (Å²) in [6, 6.07) is 1.77. The number of rotatable bonds is 0. The molecule has 58 valence electrons. The molecule has 0 aliphatic rings. The zero-order valence-corrected chi connectivity index (χ0v) is 8.01. The molecule has 0 unspecified atom stereocenters. The van der Waals surface area contributed by atoms with E-state index in [1.54, 1.807) is 6.07 Å². The quantitative estimate of drug-likeness (QED) is 0.433. The molecular weight excluding hydrogens is 154 g/mol. The normalized spacial score (nSPS) is 10.5. The van der Waals surface area contributed by atoms with E-state index in [2.05, 4.69) is 40.8 Å². The van der Waals surface area contributed by atoms with Crippen molar-refractivity contribution in [1.29, 1.82) is 0 Å². The van der Waals surface area contributed by atoms with Gasteiger partial charge in [0.25, 0.3) is 0 Å². The van der Waals surface area contributed by atoms with Gasteiger partial charge in [-0.2, -0.15) is 0 Å². The standard InChI is InChI=1S/C8H11NOSi/c1-11(2,3)7-5-8-4-6-10-9-8/h4,6H,1-3H3. The van der Waals surface area contributed by atoms with Crippen LogP contribution in [0.15, 0.2) is 16.9 Å². The van der Waals surface area contributed by atoms with E-state index in [1.807, 2.05) is 0 Å². The Morgan fingerprint density at radius 3 is 2.64 bits per heavy atom. The highest BCUT2D eigenvalue weighted by atomic mass is 28.3. The van der Waals surface area contributed by atoms with Crippen LogP contribution in [0.1, 0.15) is 5.69 Å². The minimum Gasteiger partial charge on any atom is -0.363 e. The molecule has 2 nitrogen and oxygen atoms in total. The molecule has 0 spiro atoms. The van der Waals surface area contributed by atoms with Gasteiger partial charge in [0.15, 0.2) is 5.69 Å². The Morgan fingerprint density at radius 2 is 2.18 bits per heavy atom. The molecule has 0 N–H and O–H groups in total. The summed E-state index contributed by atoms with van der Waals surface area (Å²) in [6.45, 7) is 6.58. The maximum atomic E-state index is 4.64. The second-order valence-electron chi connectivity index (χ2n) is 3.38. The summed E-state index contributed by atoms with van der Waals surface area (Å²) in [5, 5.41) is 3.69. The van der Waals surface area contributed by atoms with Gasteiger partial charge in [0.1, 0.15) is 14.3 Å². The molecule has 0 saturated heterocycles. The van der Waals surface area contributed by atoms with Crippen molar-refractivity contribution in [2.24, 2.45) is 0 Å². The SMILES string of the molecule is C[Si](C)(C)C#Cc1ccon1. The van der Waals surface area contributed by atoms with Gasteiger partial charge in [-0.05, 0) is 0 Å². The number of nitrogens with zero attached hydrogens (tertiary/aromatic N) is 1. The number of aromatic nitrogens is 1. The third-order valence-corrected chi connectivity index (χ3v) is 1.88. The van der Waals surface area contributed by atoms with Gasteiger partial charge in [-0.1, -0.05) is 30.7 Å². The smallest absolute Gasteiger partial charge is 0.155 e. The van der Waals surface area contributed by atoms with Gasteiger partial charge < -0.3 is 4.52 Å². The van der Waals surface area contributed by atoms with Gasteiger partial charge in [-0.3, -0.25) is 0 Å². The Morgan fingerprint density at radius 1 is 1.45 bits per heavy atom. The van der Waals surface area contributed by atoms with Crippen LogP contribution in [0.5, 0.6) is 0 Å². The van der Waals surface area contributed by atoms with Crippen LogP contribution in [0.25, 0.3) is 0 Å². The zero-order chi connectivity index (χ0) is 8.32. The third kappa shape index (κ3) is 3.05. The minimum atomic E-state index is -1.26. The molecule has 1 aromatic rings. The zero-order valence-electron chi connectivity index (χ0n) is 7.01. The Kier molecular flexibility index (Phi) is 2.15. The molecule has 0 fully saturated rings. The fraction of sp³-hybridized carbons (Fsp3) is 0.375. The lowest BCUT2D eigenvalue weighted by molar-refractivity contribution is 0.418. The van der Waals surface area contributed by atoms with Gasteiger partial charge in [-0.15, -0.1) is 5.54 Å². The highest BCUT2D eigenvalue weighted by molar-refractivity contribution is 6.83. The lowest BCUT2D eigenvalue weighted by atomic mass is 10.5. The second kappa shape index (κ2) is 2.93.